The second kappa shape index (κ2) is 9.26. The third-order valence-corrected chi connectivity index (χ3v) is 5.26. The lowest BCUT2D eigenvalue weighted by Gasteiger charge is -2.34. The molecule has 2 aromatic carbocycles. The van der Waals surface area contributed by atoms with Crippen LogP contribution < -0.4 is 5.32 Å². The van der Waals surface area contributed by atoms with Crippen LogP contribution >= 0.6 is 23.2 Å². The topological polar surface area (TPSA) is 35.6 Å². The third kappa shape index (κ3) is 5.37. The van der Waals surface area contributed by atoms with Crippen LogP contribution in [0.2, 0.25) is 10.0 Å². The van der Waals surface area contributed by atoms with Crippen LogP contribution in [0.25, 0.3) is 0 Å². The van der Waals surface area contributed by atoms with Gasteiger partial charge in [0.05, 0.1) is 0 Å². The van der Waals surface area contributed by atoms with Crippen LogP contribution in [0.15, 0.2) is 48.5 Å². The number of carbonyl (C=O) groups excluding carboxylic acids is 1. The Morgan fingerprint density at radius 3 is 2.50 bits per heavy atom. The molecule has 1 aliphatic heterocycles. The molecule has 0 radical (unpaired) electrons. The van der Waals surface area contributed by atoms with Gasteiger partial charge < -0.3 is 10.2 Å². The number of benzene rings is 2. The molecule has 0 unspecified atom stereocenters. The van der Waals surface area contributed by atoms with Gasteiger partial charge in [-0.25, -0.2) is 4.79 Å². The van der Waals surface area contributed by atoms with E-state index in [0.29, 0.717) is 11.6 Å². The summed E-state index contributed by atoms with van der Waals surface area (Å²) in [5.41, 5.74) is 2.18. The fourth-order valence-corrected chi connectivity index (χ4v) is 3.49. The largest absolute Gasteiger partial charge is 0.334 e. The number of carbonyl (C=O) groups is 1. The Labute approximate surface area is 164 Å². The average Bonchev–Trinajstić information content (AvgIpc) is 2.66. The molecule has 0 saturated carbocycles. The van der Waals surface area contributed by atoms with Gasteiger partial charge in [0.15, 0.2) is 0 Å². The number of piperazine rings is 1. The smallest absolute Gasteiger partial charge is 0.317 e. The lowest BCUT2D eigenvalue weighted by Crippen LogP contribution is -2.51. The molecule has 26 heavy (non-hydrogen) atoms. The zero-order chi connectivity index (χ0) is 18.4. The van der Waals surface area contributed by atoms with Gasteiger partial charge in [-0.15, -0.1) is 0 Å². The van der Waals surface area contributed by atoms with Crippen molar-refractivity contribution in [2.45, 2.75) is 13.0 Å². The highest BCUT2D eigenvalue weighted by Crippen LogP contribution is 2.15. The monoisotopic (exact) mass is 391 g/mol. The highest BCUT2D eigenvalue weighted by molar-refractivity contribution is 6.31. The molecule has 0 bridgehead atoms. The van der Waals surface area contributed by atoms with Crippen molar-refractivity contribution in [1.29, 1.82) is 0 Å². The number of halogens is 2. The molecule has 138 valence electrons. The average molecular weight is 392 g/mol. The number of urea groups is 1. The quantitative estimate of drug-likeness (QED) is 0.833. The minimum Gasteiger partial charge on any atom is -0.334 e. The molecule has 1 aliphatic rings. The number of hydrogen-bond donors (Lipinski definition) is 1. The van der Waals surface area contributed by atoms with Crippen LogP contribution in [-0.2, 0) is 13.0 Å². The van der Waals surface area contributed by atoms with Crippen molar-refractivity contribution in [2.75, 3.05) is 32.7 Å². The maximum atomic E-state index is 12.3. The van der Waals surface area contributed by atoms with Crippen LogP contribution in [-0.4, -0.2) is 48.6 Å². The Hall–Kier alpha value is -1.75. The zero-order valence-electron chi connectivity index (χ0n) is 14.6. The lowest BCUT2D eigenvalue weighted by atomic mass is 10.1. The van der Waals surface area contributed by atoms with Gasteiger partial charge in [-0.2, -0.15) is 0 Å². The van der Waals surface area contributed by atoms with Gasteiger partial charge in [-0.3, -0.25) is 4.90 Å². The first-order chi connectivity index (χ1) is 12.6. The van der Waals surface area contributed by atoms with Gasteiger partial charge in [0.25, 0.3) is 0 Å². The van der Waals surface area contributed by atoms with E-state index >= 15 is 0 Å². The number of amides is 2. The number of hydrogen-bond acceptors (Lipinski definition) is 2. The third-order valence-electron chi connectivity index (χ3n) is 4.65. The molecular formula is C20H23Cl2N3O. The van der Waals surface area contributed by atoms with Gasteiger partial charge in [0.2, 0.25) is 0 Å². The maximum absolute atomic E-state index is 12.3. The van der Waals surface area contributed by atoms with Crippen molar-refractivity contribution in [3.63, 3.8) is 0 Å². The van der Waals surface area contributed by atoms with E-state index in [-0.39, 0.29) is 6.03 Å². The summed E-state index contributed by atoms with van der Waals surface area (Å²) in [7, 11) is 0. The predicted molar refractivity (Wildman–Crippen MR) is 107 cm³/mol. The first-order valence-electron chi connectivity index (χ1n) is 8.85. The Kier molecular flexibility index (Phi) is 6.78. The highest BCUT2D eigenvalue weighted by Gasteiger charge is 2.20. The zero-order valence-corrected chi connectivity index (χ0v) is 16.1. The summed E-state index contributed by atoms with van der Waals surface area (Å²) in [6.45, 7) is 4.69. The molecule has 2 aromatic rings. The first kappa shape index (κ1) is 19.0. The minimum absolute atomic E-state index is 0.0283. The van der Waals surface area contributed by atoms with Crippen molar-refractivity contribution >= 4 is 29.2 Å². The summed E-state index contributed by atoms with van der Waals surface area (Å²) >= 11 is 12.2. The SMILES string of the molecule is O=C(NCc1ccccc1Cl)N1CCN(CCc2cccc(Cl)c2)CC1. The normalized spacial score (nSPS) is 15.1. The summed E-state index contributed by atoms with van der Waals surface area (Å²) in [6, 6.07) is 15.5. The highest BCUT2D eigenvalue weighted by atomic mass is 35.5. The molecule has 1 fully saturated rings. The molecule has 2 amide bonds. The molecule has 6 heteroatoms. The number of nitrogens with one attached hydrogen (secondary N) is 1. The Balaban J connectivity index is 1.40. The lowest BCUT2D eigenvalue weighted by molar-refractivity contribution is 0.140. The fourth-order valence-electron chi connectivity index (χ4n) is 3.08. The minimum atomic E-state index is -0.0283. The molecule has 1 saturated heterocycles. The van der Waals surface area contributed by atoms with Gasteiger partial charge in [0.1, 0.15) is 0 Å². The second-order valence-corrected chi connectivity index (χ2v) is 7.30. The van der Waals surface area contributed by atoms with Gasteiger partial charge in [0, 0.05) is 49.3 Å². The van der Waals surface area contributed by atoms with E-state index in [1.807, 2.05) is 47.4 Å². The van der Waals surface area contributed by atoms with Crippen molar-refractivity contribution in [3.05, 3.63) is 69.7 Å². The number of rotatable bonds is 5. The van der Waals surface area contributed by atoms with Crippen LogP contribution in [0.4, 0.5) is 4.79 Å². The summed E-state index contributed by atoms with van der Waals surface area (Å²) in [5, 5.41) is 4.42. The molecule has 0 spiro atoms. The van der Waals surface area contributed by atoms with Gasteiger partial charge in [-0.05, 0) is 35.7 Å². The Morgan fingerprint density at radius 2 is 1.77 bits per heavy atom. The molecular weight excluding hydrogens is 369 g/mol. The van der Waals surface area contributed by atoms with Gasteiger partial charge >= 0.3 is 6.03 Å². The molecule has 3 rings (SSSR count). The van der Waals surface area contributed by atoms with E-state index in [4.69, 9.17) is 23.2 Å². The van der Waals surface area contributed by atoms with Crippen LogP contribution in [0.1, 0.15) is 11.1 Å². The standard InChI is InChI=1S/C20H23Cl2N3O/c21-18-6-3-4-16(14-18)8-9-24-10-12-25(13-11-24)20(26)23-15-17-5-1-2-7-19(17)22/h1-7,14H,8-13,15H2,(H,23,26). The number of nitrogens with zero attached hydrogens (tertiary/aromatic N) is 2. The van der Waals surface area contributed by atoms with E-state index in [2.05, 4.69) is 16.3 Å². The molecule has 4 nitrogen and oxygen atoms in total. The predicted octanol–water partition coefficient (Wildman–Crippen LogP) is 4.06. The van der Waals surface area contributed by atoms with Crippen LogP contribution in [0.5, 0.6) is 0 Å². The molecule has 1 heterocycles. The fraction of sp³-hybridized carbons (Fsp3) is 0.350. The van der Waals surface area contributed by atoms with Gasteiger partial charge in [-0.1, -0.05) is 53.5 Å². The van der Waals surface area contributed by atoms with E-state index in [1.165, 1.54) is 5.56 Å². The van der Waals surface area contributed by atoms with E-state index < -0.39 is 0 Å². The van der Waals surface area contributed by atoms with Crippen molar-refractivity contribution in [3.8, 4) is 0 Å². The summed E-state index contributed by atoms with van der Waals surface area (Å²) in [4.78, 5) is 16.6. The van der Waals surface area contributed by atoms with Crippen molar-refractivity contribution < 1.29 is 4.79 Å². The van der Waals surface area contributed by atoms with Crippen LogP contribution in [0, 0.1) is 0 Å². The molecule has 0 atom stereocenters. The van der Waals surface area contributed by atoms with Crippen molar-refractivity contribution in [2.24, 2.45) is 0 Å². The molecule has 0 aliphatic carbocycles. The van der Waals surface area contributed by atoms with Crippen LogP contribution in [0.3, 0.4) is 0 Å². The Bertz CT molecular complexity index is 745. The maximum Gasteiger partial charge on any atom is 0.317 e. The second-order valence-electron chi connectivity index (χ2n) is 6.46. The summed E-state index contributed by atoms with van der Waals surface area (Å²) < 4.78 is 0. The van der Waals surface area contributed by atoms with Crippen molar-refractivity contribution in [1.82, 2.24) is 15.1 Å². The summed E-state index contributed by atoms with van der Waals surface area (Å²) in [5.74, 6) is 0. The van der Waals surface area contributed by atoms with E-state index in [0.717, 1.165) is 49.7 Å². The molecule has 0 aromatic heterocycles. The Morgan fingerprint density at radius 1 is 1.00 bits per heavy atom. The first-order valence-corrected chi connectivity index (χ1v) is 9.60. The molecule has 1 N–H and O–H groups in total. The summed E-state index contributed by atoms with van der Waals surface area (Å²) in [6.07, 6.45) is 0.971. The van der Waals surface area contributed by atoms with E-state index in [9.17, 15) is 4.79 Å². The van der Waals surface area contributed by atoms with E-state index in [1.54, 1.807) is 0 Å².